The molecule has 4 nitrogen and oxygen atoms in total. The summed E-state index contributed by atoms with van der Waals surface area (Å²) in [4.78, 5) is 4.54. The van der Waals surface area contributed by atoms with Crippen molar-refractivity contribution in [2.45, 2.75) is 0 Å². The van der Waals surface area contributed by atoms with Crippen molar-refractivity contribution in [3.8, 4) is 6.07 Å². The van der Waals surface area contributed by atoms with Crippen molar-refractivity contribution < 1.29 is 4.74 Å². The highest BCUT2D eigenvalue weighted by Gasteiger charge is 2.12. The third-order valence-corrected chi connectivity index (χ3v) is 3.29. The minimum atomic E-state index is 0.738. The number of hydrogen-bond acceptors (Lipinski definition) is 4. The van der Waals surface area contributed by atoms with E-state index in [0.717, 1.165) is 50.6 Å². The fraction of sp³-hybridized carbons (Fsp3) is 0.500. The third-order valence-electron chi connectivity index (χ3n) is 3.29. The van der Waals surface area contributed by atoms with Gasteiger partial charge >= 0.3 is 0 Å². The van der Waals surface area contributed by atoms with Crippen molar-refractivity contribution in [3.63, 3.8) is 0 Å². The Morgan fingerprint density at radius 1 is 1.33 bits per heavy atom. The Morgan fingerprint density at radius 3 is 2.78 bits per heavy atom. The van der Waals surface area contributed by atoms with Crippen LogP contribution in [0.5, 0.6) is 0 Å². The molecule has 0 N–H and O–H groups in total. The van der Waals surface area contributed by atoms with Gasteiger partial charge in [-0.15, -0.1) is 0 Å². The monoisotopic (exact) mass is 245 g/mol. The second kappa shape index (κ2) is 6.39. The third kappa shape index (κ3) is 3.22. The zero-order valence-corrected chi connectivity index (χ0v) is 10.8. The largest absolute Gasteiger partial charge is 0.379 e. The molecule has 1 aromatic rings. The Morgan fingerprint density at radius 2 is 2.06 bits per heavy atom. The number of benzene rings is 1. The van der Waals surface area contributed by atoms with Crippen molar-refractivity contribution in [2.24, 2.45) is 0 Å². The molecule has 1 aliphatic rings. The number of morpholine rings is 1. The summed E-state index contributed by atoms with van der Waals surface area (Å²) in [6, 6.07) is 9.97. The Labute approximate surface area is 108 Å². The van der Waals surface area contributed by atoms with E-state index < -0.39 is 0 Å². The van der Waals surface area contributed by atoms with Crippen LogP contribution in [0.15, 0.2) is 24.3 Å². The molecule has 0 radical (unpaired) electrons. The molecule has 0 saturated carbocycles. The van der Waals surface area contributed by atoms with Crippen LogP contribution in [0.25, 0.3) is 0 Å². The molecule has 0 amide bonds. The molecule has 2 rings (SSSR count). The number of anilines is 1. The van der Waals surface area contributed by atoms with Gasteiger partial charge in [-0.2, -0.15) is 5.26 Å². The van der Waals surface area contributed by atoms with Crippen molar-refractivity contribution >= 4 is 5.69 Å². The highest BCUT2D eigenvalue weighted by molar-refractivity contribution is 5.58. The summed E-state index contributed by atoms with van der Waals surface area (Å²) >= 11 is 0. The van der Waals surface area contributed by atoms with Gasteiger partial charge in [0.1, 0.15) is 6.07 Å². The van der Waals surface area contributed by atoms with E-state index in [4.69, 9.17) is 10.00 Å². The summed E-state index contributed by atoms with van der Waals surface area (Å²) in [5.74, 6) is 0. The Bertz CT molecular complexity index is 421. The average Bonchev–Trinajstić information content (AvgIpc) is 2.45. The van der Waals surface area contributed by atoms with Crippen LogP contribution in [-0.4, -0.2) is 51.3 Å². The first kappa shape index (κ1) is 12.9. The van der Waals surface area contributed by atoms with E-state index in [9.17, 15) is 0 Å². The predicted octanol–water partition coefficient (Wildman–Crippen LogP) is 1.33. The SMILES string of the molecule is CN(CCN1CCOCC1)c1ccccc1C#N. The summed E-state index contributed by atoms with van der Waals surface area (Å²) in [6.45, 7) is 5.62. The first-order valence-corrected chi connectivity index (χ1v) is 6.31. The van der Waals surface area contributed by atoms with Gasteiger partial charge in [-0.1, -0.05) is 12.1 Å². The molecular weight excluding hydrogens is 226 g/mol. The van der Waals surface area contributed by atoms with E-state index in [2.05, 4.69) is 15.9 Å². The van der Waals surface area contributed by atoms with Crippen LogP contribution in [0.2, 0.25) is 0 Å². The lowest BCUT2D eigenvalue weighted by Crippen LogP contribution is -2.40. The Kier molecular flexibility index (Phi) is 4.57. The van der Waals surface area contributed by atoms with Gasteiger partial charge in [0, 0.05) is 33.2 Å². The molecule has 18 heavy (non-hydrogen) atoms. The fourth-order valence-corrected chi connectivity index (χ4v) is 2.14. The number of rotatable bonds is 4. The van der Waals surface area contributed by atoms with Gasteiger partial charge in [-0.25, -0.2) is 0 Å². The topological polar surface area (TPSA) is 39.5 Å². The molecule has 1 aliphatic heterocycles. The van der Waals surface area contributed by atoms with Crippen LogP contribution in [0.1, 0.15) is 5.56 Å². The summed E-state index contributed by atoms with van der Waals surface area (Å²) in [5, 5.41) is 9.08. The molecule has 1 aromatic carbocycles. The van der Waals surface area contributed by atoms with Gasteiger partial charge in [0.2, 0.25) is 0 Å². The highest BCUT2D eigenvalue weighted by atomic mass is 16.5. The molecular formula is C14H19N3O. The van der Waals surface area contributed by atoms with Gasteiger partial charge in [-0.3, -0.25) is 4.90 Å². The average molecular weight is 245 g/mol. The van der Waals surface area contributed by atoms with Crippen molar-refractivity contribution in [1.82, 2.24) is 4.90 Å². The lowest BCUT2D eigenvalue weighted by Gasteiger charge is -2.29. The van der Waals surface area contributed by atoms with E-state index in [0.29, 0.717) is 0 Å². The minimum absolute atomic E-state index is 0.738. The van der Waals surface area contributed by atoms with Crippen molar-refractivity contribution in [3.05, 3.63) is 29.8 Å². The van der Waals surface area contributed by atoms with Gasteiger partial charge in [0.05, 0.1) is 24.5 Å². The second-order valence-corrected chi connectivity index (χ2v) is 4.50. The van der Waals surface area contributed by atoms with Crippen LogP contribution < -0.4 is 4.90 Å². The first-order chi connectivity index (χ1) is 8.81. The molecule has 1 fully saturated rings. The van der Waals surface area contributed by atoms with Gasteiger partial charge in [0.25, 0.3) is 0 Å². The lowest BCUT2D eigenvalue weighted by molar-refractivity contribution is 0.0393. The quantitative estimate of drug-likeness (QED) is 0.802. The van der Waals surface area contributed by atoms with Crippen molar-refractivity contribution in [1.29, 1.82) is 5.26 Å². The molecule has 0 aliphatic carbocycles. The lowest BCUT2D eigenvalue weighted by atomic mass is 10.2. The number of hydrogen-bond donors (Lipinski definition) is 0. The van der Waals surface area contributed by atoms with Crippen LogP contribution in [0.4, 0.5) is 5.69 Å². The molecule has 1 heterocycles. The molecule has 1 saturated heterocycles. The van der Waals surface area contributed by atoms with E-state index in [1.807, 2.05) is 31.3 Å². The van der Waals surface area contributed by atoms with E-state index in [-0.39, 0.29) is 0 Å². The maximum absolute atomic E-state index is 9.08. The maximum Gasteiger partial charge on any atom is 0.101 e. The second-order valence-electron chi connectivity index (χ2n) is 4.50. The predicted molar refractivity (Wildman–Crippen MR) is 71.7 cm³/mol. The van der Waals surface area contributed by atoms with E-state index in [1.165, 1.54) is 0 Å². The summed E-state index contributed by atoms with van der Waals surface area (Å²) in [6.07, 6.45) is 0. The minimum Gasteiger partial charge on any atom is -0.379 e. The maximum atomic E-state index is 9.08. The smallest absolute Gasteiger partial charge is 0.101 e. The number of likely N-dealkylation sites (N-methyl/N-ethyl adjacent to an activating group) is 1. The van der Waals surface area contributed by atoms with Crippen LogP contribution in [0.3, 0.4) is 0 Å². The zero-order valence-electron chi connectivity index (χ0n) is 10.8. The normalized spacial score (nSPS) is 16.2. The Balaban J connectivity index is 1.91. The number of para-hydroxylation sites is 1. The van der Waals surface area contributed by atoms with Gasteiger partial charge in [-0.05, 0) is 12.1 Å². The van der Waals surface area contributed by atoms with Crippen LogP contribution in [0, 0.1) is 11.3 Å². The molecule has 4 heteroatoms. The number of ether oxygens (including phenoxy) is 1. The molecule has 0 spiro atoms. The van der Waals surface area contributed by atoms with E-state index in [1.54, 1.807) is 0 Å². The van der Waals surface area contributed by atoms with E-state index >= 15 is 0 Å². The summed E-state index contributed by atoms with van der Waals surface area (Å²) in [7, 11) is 2.04. The van der Waals surface area contributed by atoms with Crippen molar-refractivity contribution in [2.75, 3.05) is 51.3 Å². The summed E-state index contributed by atoms with van der Waals surface area (Å²) in [5.41, 5.74) is 1.75. The van der Waals surface area contributed by atoms with Crippen LogP contribution >= 0.6 is 0 Å². The zero-order chi connectivity index (χ0) is 12.8. The van der Waals surface area contributed by atoms with Crippen LogP contribution in [-0.2, 0) is 4.74 Å². The first-order valence-electron chi connectivity index (χ1n) is 6.31. The standard InChI is InChI=1S/C14H19N3O/c1-16(6-7-17-8-10-18-11-9-17)14-5-3-2-4-13(14)12-15/h2-5H,6-11H2,1H3. The molecule has 0 atom stereocenters. The molecule has 0 bridgehead atoms. The number of nitriles is 1. The van der Waals surface area contributed by atoms with Gasteiger partial charge in [0.15, 0.2) is 0 Å². The number of nitrogens with zero attached hydrogens (tertiary/aromatic N) is 3. The highest BCUT2D eigenvalue weighted by Crippen LogP contribution is 2.17. The fourth-order valence-electron chi connectivity index (χ4n) is 2.14. The molecule has 96 valence electrons. The Hall–Kier alpha value is -1.57. The van der Waals surface area contributed by atoms with Gasteiger partial charge < -0.3 is 9.64 Å². The molecule has 0 unspecified atom stereocenters. The molecule has 0 aromatic heterocycles. The summed E-state index contributed by atoms with van der Waals surface area (Å²) < 4.78 is 5.33.